The molecule has 0 radical (unpaired) electrons. The molecule has 1 atom stereocenters. The molecule has 1 unspecified atom stereocenters. The number of allylic oxidation sites excluding steroid dienone is 1. The number of ketones is 1. The Morgan fingerprint density at radius 2 is 2.00 bits per heavy atom. The highest BCUT2D eigenvalue weighted by Crippen LogP contribution is 2.22. The first kappa shape index (κ1) is 12.1. The van der Waals surface area contributed by atoms with E-state index in [1.165, 1.54) is 6.42 Å². The fourth-order valence-corrected chi connectivity index (χ4v) is 2.21. The SMILES string of the molecule is O=C(CC(O)C1=CCCCC1)c1ccccc1. The van der Waals surface area contributed by atoms with Gasteiger partial charge in [0, 0.05) is 12.0 Å². The monoisotopic (exact) mass is 230 g/mol. The van der Waals surface area contributed by atoms with Crippen molar-refractivity contribution in [3.63, 3.8) is 0 Å². The van der Waals surface area contributed by atoms with Crippen LogP contribution in [0, 0.1) is 0 Å². The van der Waals surface area contributed by atoms with E-state index >= 15 is 0 Å². The smallest absolute Gasteiger partial charge is 0.165 e. The van der Waals surface area contributed by atoms with E-state index in [4.69, 9.17) is 0 Å². The molecular formula is C15H18O2. The van der Waals surface area contributed by atoms with Crippen molar-refractivity contribution in [1.82, 2.24) is 0 Å². The van der Waals surface area contributed by atoms with Crippen LogP contribution in [-0.2, 0) is 0 Å². The summed E-state index contributed by atoms with van der Waals surface area (Å²) in [7, 11) is 0. The summed E-state index contributed by atoms with van der Waals surface area (Å²) in [6.45, 7) is 0. The zero-order valence-electron chi connectivity index (χ0n) is 9.93. The van der Waals surface area contributed by atoms with Crippen LogP contribution in [0.3, 0.4) is 0 Å². The maximum atomic E-state index is 11.9. The van der Waals surface area contributed by atoms with E-state index < -0.39 is 6.10 Å². The van der Waals surface area contributed by atoms with Crippen LogP contribution in [-0.4, -0.2) is 17.0 Å². The lowest BCUT2D eigenvalue weighted by molar-refractivity contribution is 0.0910. The van der Waals surface area contributed by atoms with Crippen LogP contribution in [0.1, 0.15) is 42.5 Å². The van der Waals surface area contributed by atoms with Gasteiger partial charge in [0.05, 0.1) is 6.10 Å². The van der Waals surface area contributed by atoms with Gasteiger partial charge in [-0.05, 0) is 31.3 Å². The van der Waals surface area contributed by atoms with Crippen LogP contribution in [0.25, 0.3) is 0 Å². The second-order valence-corrected chi connectivity index (χ2v) is 4.53. The molecule has 17 heavy (non-hydrogen) atoms. The number of aliphatic hydroxyl groups is 1. The van der Waals surface area contributed by atoms with Crippen molar-refractivity contribution in [3.05, 3.63) is 47.5 Å². The molecule has 1 aliphatic rings. The number of hydrogen-bond donors (Lipinski definition) is 1. The molecule has 90 valence electrons. The Kier molecular flexibility index (Phi) is 4.10. The van der Waals surface area contributed by atoms with Gasteiger partial charge in [-0.1, -0.05) is 36.4 Å². The highest BCUT2D eigenvalue weighted by molar-refractivity contribution is 5.96. The Bertz CT molecular complexity index is 406. The summed E-state index contributed by atoms with van der Waals surface area (Å²) < 4.78 is 0. The average Bonchev–Trinajstić information content (AvgIpc) is 2.40. The van der Waals surface area contributed by atoms with Crippen molar-refractivity contribution in [3.8, 4) is 0 Å². The quantitative estimate of drug-likeness (QED) is 0.637. The standard InChI is InChI=1S/C15H18O2/c16-14(12-7-3-1-4-8-12)11-15(17)13-9-5-2-6-10-13/h1,3-4,7-9,15,17H,2,5-6,10-11H2. The highest BCUT2D eigenvalue weighted by Gasteiger charge is 2.17. The minimum absolute atomic E-state index is 0.0181. The summed E-state index contributed by atoms with van der Waals surface area (Å²) in [5, 5.41) is 10.0. The summed E-state index contributed by atoms with van der Waals surface area (Å²) in [6.07, 6.45) is 5.99. The van der Waals surface area contributed by atoms with Crippen LogP contribution in [0.15, 0.2) is 42.0 Å². The predicted molar refractivity (Wildman–Crippen MR) is 67.9 cm³/mol. The van der Waals surface area contributed by atoms with E-state index in [2.05, 4.69) is 6.08 Å². The normalized spacial score (nSPS) is 17.4. The first-order valence-electron chi connectivity index (χ1n) is 6.22. The lowest BCUT2D eigenvalue weighted by Gasteiger charge is -2.18. The van der Waals surface area contributed by atoms with Gasteiger partial charge < -0.3 is 5.11 Å². The molecule has 0 bridgehead atoms. The molecule has 0 aromatic heterocycles. The van der Waals surface area contributed by atoms with Crippen molar-refractivity contribution in [2.45, 2.75) is 38.2 Å². The number of benzene rings is 1. The Hall–Kier alpha value is -1.41. The van der Waals surface area contributed by atoms with Gasteiger partial charge in [-0.25, -0.2) is 0 Å². The minimum atomic E-state index is -0.594. The van der Waals surface area contributed by atoms with Gasteiger partial charge >= 0.3 is 0 Å². The predicted octanol–water partition coefficient (Wildman–Crippen LogP) is 3.12. The molecule has 1 aromatic rings. The Morgan fingerprint density at radius 3 is 2.65 bits per heavy atom. The number of Topliss-reactive ketones (excluding diaryl/α,β-unsaturated/α-hetero) is 1. The molecule has 0 aliphatic heterocycles. The summed E-state index contributed by atoms with van der Waals surface area (Å²) in [5.41, 5.74) is 1.73. The number of carbonyl (C=O) groups excluding carboxylic acids is 1. The number of rotatable bonds is 4. The highest BCUT2D eigenvalue weighted by atomic mass is 16.3. The van der Waals surface area contributed by atoms with Crippen LogP contribution in [0.5, 0.6) is 0 Å². The van der Waals surface area contributed by atoms with E-state index in [9.17, 15) is 9.90 Å². The zero-order chi connectivity index (χ0) is 12.1. The number of hydrogen-bond acceptors (Lipinski definition) is 2. The fourth-order valence-electron chi connectivity index (χ4n) is 2.21. The second kappa shape index (κ2) is 5.78. The number of carbonyl (C=O) groups is 1. The van der Waals surface area contributed by atoms with Crippen LogP contribution < -0.4 is 0 Å². The summed E-state index contributed by atoms with van der Waals surface area (Å²) in [5.74, 6) is 0.0181. The Morgan fingerprint density at radius 1 is 1.24 bits per heavy atom. The molecule has 1 N–H and O–H groups in total. The minimum Gasteiger partial charge on any atom is -0.388 e. The molecule has 1 aromatic carbocycles. The Labute approximate surface area is 102 Å². The summed E-state index contributed by atoms with van der Waals surface area (Å²) in [4.78, 5) is 11.9. The molecular weight excluding hydrogens is 212 g/mol. The molecule has 0 fully saturated rings. The van der Waals surface area contributed by atoms with Crippen molar-refractivity contribution >= 4 is 5.78 Å². The second-order valence-electron chi connectivity index (χ2n) is 4.53. The molecule has 0 amide bonds. The van der Waals surface area contributed by atoms with Gasteiger partial charge in [0.25, 0.3) is 0 Å². The van der Waals surface area contributed by atoms with E-state index in [1.54, 1.807) is 12.1 Å². The van der Waals surface area contributed by atoms with Gasteiger partial charge in [0.15, 0.2) is 5.78 Å². The molecule has 0 heterocycles. The van der Waals surface area contributed by atoms with E-state index in [0.29, 0.717) is 5.56 Å². The van der Waals surface area contributed by atoms with Crippen molar-refractivity contribution < 1.29 is 9.90 Å². The van der Waals surface area contributed by atoms with Gasteiger partial charge in [0.1, 0.15) is 0 Å². The van der Waals surface area contributed by atoms with Crippen LogP contribution >= 0.6 is 0 Å². The van der Waals surface area contributed by atoms with Crippen molar-refractivity contribution in [2.24, 2.45) is 0 Å². The van der Waals surface area contributed by atoms with Gasteiger partial charge in [-0.2, -0.15) is 0 Å². The zero-order valence-corrected chi connectivity index (χ0v) is 9.93. The third-order valence-electron chi connectivity index (χ3n) is 3.23. The van der Waals surface area contributed by atoms with Gasteiger partial charge in [-0.3, -0.25) is 4.79 Å². The van der Waals surface area contributed by atoms with Gasteiger partial charge in [-0.15, -0.1) is 0 Å². The summed E-state index contributed by atoms with van der Waals surface area (Å²) >= 11 is 0. The van der Waals surface area contributed by atoms with Crippen molar-refractivity contribution in [1.29, 1.82) is 0 Å². The maximum absolute atomic E-state index is 11.9. The first-order valence-corrected chi connectivity index (χ1v) is 6.22. The van der Waals surface area contributed by atoms with Crippen LogP contribution in [0.4, 0.5) is 0 Å². The topological polar surface area (TPSA) is 37.3 Å². The molecule has 2 rings (SSSR count). The lowest BCUT2D eigenvalue weighted by Crippen LogP contribution is -2.17. The van der Waals surface area contributed by atoms with E-state index in [-0.39, 0.29) is 12.2 Å². The number of aliphatic hydroxyl groups excluding tert-OH is 1. The molecule has 0 spiro atoms. The van der Waals surface area contributed by atoms with Crippen LogP contribution in [0.2, 0.25) is 0 Å². The summed E-state index contributed by atoms with van der Waals surface area (Å²) in [6, 6.07) is 9.17. The van der Waals surface area contributed by atoms with E-state index in [1.807, 2.05) is 18.2 Å². The molecule has 1 aliphatic carbocycles. The van der Waals surface area contributed by atoms with E-state index in [0.717, 1.165) is 24.8 Å². The lowest BCUT2D eigenvalue weighted by atomic mass is 9.92. The molecule has 0 saturated carbocycles. The largest absolute Gasteiger partial charge is 0.388 e. The first-order chi connectivity index (χ1) is 8.27. The molecule has 2 heteroatoms. The average molecular weight is 230 g/mol. The molecule has 0 saturated heterocycles. The third-order valence-corrected chi connectivity index (χ3v) is 3.23. The fraction of sp³-hybridized carbons (Fsp3) is 0.400. The third kappa shape index (κ3) is 3.27. The molecule has 2 nitrogen and oxygen atoms in total. The Balaban J connectivity index is 1.97. The van der Waals surface area contributed by atoms with Crippen molar-refractivity contribution in [2.75, 3.05) is 0 Å². The maximum Gasteiger partial charge on any atom is 0.165 e. The van der Waals surface area contributed by atoms with Gasteiger partial charge in [0.2, 0.25) is 0 Å².